The van der Waals surface area contributed by atoms with Crippen molar-refractivity contribution in [1.29, 1.82) is 5.26 Å². The monoisotopic (exact) mass is 303 g/mol. The molecule has 0 aliphatic carbocycles. The van der Waals surface area contributed by atoms with Gasteiger partial charge in [0.15, 0.2) is 0 Å². The van der Waals surface area contributed by atoms with Crippen LogP contribution >= 0.6 is 11.6 Å². The van der Waals surface area contributed by atoms with Crippen molar-refractivity contribution in [3.8, 4) is 6.07 Å². The van der Waals surface area contributed by atoms with Crippen LogP contribution in [-0.2, 0) is 0 Å². The quantitative estimate of drug-likeness (QED) is 0.909. The molecule has 2 rings (SSSR count). The van der Waals surface area contributed by atoms with Crippen LogP contribution < -0.4 is 10.6 Å². The Hall–Kier alpha value is -2.58. The highest BCUT2D eigenvalue weighted by molar-refractivity contribution is 6.31. The summed E-state index contributed by atoms with van der Waals surface area (Å²) in [4.78, 5) is 12.2. The van der Waals surface area contributed by atoms with E-state index in [0.29, 0.717) is 16.3 Å². The van der Waals surface area contributed by atoms with Crippen LogP contribution in [0, 0.1) is 17.1 Å². The Morgan fingerprint density at radius 3 is 2.57 bits per heavy atom. The maximum absolute atomic E-state index is 13.8. The first-order valence-corrected chi connectivity index (χ1v) is 6.41. The highest BCUT2D eigenvalue weighted by atomic mass is 35.5. The molecular formula is C15H11ClFN3O. The summed E-state index contributed by atoms with van der Waals surface area (Å²) >= 11 is 5.87. The first-order chi connectivity index (χ1) is 10.0. The van der Waals surface area contributed by atoms with Crippen molar-refractivity contribution in [3.05, 3.63) is 58.4 Å². The summed E-state index contributed by atoms with van der Waals surface area (Å²) in [7, 11) is 1.67. The number of halogens is 2. The molecule has 2 aromatic rings. The van der Waals surface area contributed by atoms with Gasteiger partial charge in [0, 0.05) is 17.8 Å². The molecule has 4 nitrogen and oxygen atoms in total. The van der Waals surface area contributed by atoms with Crippen LogP contribution in [0.2, 0.25) is 5.02 Å². The lowest BCUT2D eigenvalue weighted by Gasteiger charge is -2.11. The zero-order valence-electron chi connectivity index (χ0n) is 11.1. The molecule has 0 fully saturated rings. The molecular weight excluding hydrogens is 293 g/mol. The molecule has 21 heavy (non-hydrogen) atoms. The summed E-state index contributed by atoms with van der Waals surface area (Å²) in [6.07, 6.45) is 0. The second-order valence-electron chi connectivity index (χ2n) is 4.20. The molecule has 0 bridgehead atoms. The van der Waals surface area contributed by atoms with E-state index in [4.69, 9.17) is 16.9 Å². The fraction of sp³-hybridized carbons (Fsp3) is 0.0667. The van der Waals surface area contributed by atoms with Crippen molar-refractivity contribution in [3.63, 3.8) is 0 Å². The molecule has 106 valence electrons. The van der Waals surface area contributed by atoms with E-state index in [9.17, 15) is 9.18 Å². The van der Waals surface area contributed by atoms with Crippen molar-refractivity contribution >= 4 is 28.9 Å². The van der Waals surface area contributed by atoms with Gasteiger partial charge in [-0.2, -0.15) is 5.26 Å². The molecule has 0 saturated carbocycles. The number of carbonyl (C=O) groups is 1. The van der Waals surface area contributed by atoms with Gasteiger partial charge in [-0.3, -0.25) is 4.79 Å². The summed E-state index contributed by atoms with van der Waals surface area (Å²) < 4.78 is 13.8. The number of rotatable bonds is 3. The van der Waals surface area contributed by atoms with Crippen molar-refractivity contribution in [1.82, 2.24) is 0 Å². The van der Waals surface area contributed by atoms with E-state index in [0.717, 1.165) is 6.07 Å². The number of amides is 1. The van der Waals surface area contributed by atoms with Gasteiger partial charge in [0.1, 0.15) is 5.82 Å². The third-order valence-corrected chi connectivity index (χ3v) is 3.08. The van der Waals surface area contributed by atoms with Crippen LogP contribution in [0.15, 0.2) is 36.4 Å². The highest BCUT2D eigenvalue weighted by Crippen LogP contribution is 2.23. The lowest BCUT2D eigenvalue weighted by molar-refractivity contribution is 0.102. The third-order valence-electron chi connectivity index (χ3n) is 2.84. The predicted octanol–water partition coefficient (Wildman–Crippen LogP) is 3.64. The fourth-order valence-corrected chi connectivity index (χ4v) is 1.97. The minimum atomic E-state index is -0.671. The highest BCUT2D eigenvalue weighted by Gasteiger charge is 2.14. The van der Waals surface area contributed by atoms with Gasteiger partial charge in [-0.05, 0) is 36.4 Å². The van der Waals surface area contributed by atoms with Gasteiger partial charge >= 0.3 is 0 Å². The number of carbonyl (C=O) groups excluding carboxylic acids is 1. The average molecular weight is 304 g/mol. The topological polar surface area (TPSA) is 64.9 Å². The predicted molar refractivity (Wildman–Crippen MR) is 80.1 cm³/mol. The molecule has 0 heterocycles. The number of anilines is 2. The molecule has 2 aromatic carbocycles. The van der Waals surface area contributed by atoms with E-state index in [1.807, 2.05) is 6.07 Å². The van der Waals surface area contributed by atoms with Crippen LogP contribution in [0.25, 0.3) is 0 Å². The SMILES string of the molecule is CNc1ccc(Cl)cc1C(=O)Nc1ccc(C#N)cc1F. The molecule has 0 aliphatic rings. The molecule has 0 unspecified atom stereocenters. The Morgan fingerprint density at radius 2 is 1.95 bits per heavy atom. The molecule has 0 radical (unpaired) electrons. The summed E-state index contributed by atoms with van der Waals surface area (Å²) in [5, 5.41) is 14.4. The van der Waals surface area contributed by atoms with Crippen LogP contribution in [0.1, 0.15) is 15.9 Å². The molecule has 2 N–H and O–H groups in total. The molecule has 0 atom stereocenters. The van der Waals surface area contributed by atoms with Crippen molar-refractivity contribution < 1.29 is 9.18 Å². The van der Waals surface area contributed by atoms with Crippen molar-refractivity contribution in [2.45, 2.75) is 0 Å². The van der Waals surface area contributed by atoms with E-state index in [1.54, 1.807) is 19.2 Å². The van der Waals surface area contributed by atoms with Crippen LogP contribution in [0.4, 0.5) is 15.8 Å². The van der Waals surface area contributed by atoms with Gasteiger partial charge in [-0.1, -0.05) is 11.6 Å². The molecule has 6 heteroatoms. The Kier molecular flexibility index (Phi) is 4.41. The maximum Gasteiger partial charge on any atom is 0.257 e. The van der Waals surface area contributed by atoms with Gasteiger partial charge < -0.3 is 10.6 Å². The third kappa shape index (κ3) is 3.30. The summed E-state index contributed by atoms with van der Waals surface area (Å²) in [6, 6.07) is 10.5. The zero-order valence-corrected chi connectivity index (χ0v) is 11.8. The molecule has 0 aromatic heterocycles. The molecule has 1 amide bonds. The minimum absolute atomic E-state index is 0.000952. The average Bonchev–Trinajstić information content (AvgIpc) is 2.49. The van der Waals surface area contributed by atoms with E-state index in [2.05, 4.69) is 10.6 Å². The molecule has 0 spiro atoms. The van der Waals surface area contributed by atoms with E-state index in [1.165, 1.54) is 18.2 Å². The zero-order chi connectivity index (χ0) is 15.4. The second-order valence-corrected chi connectivity index (χ2v) is 4.64. The normalized spacial score (nSPS) is 9.81. The fourth-order valence-electron chi connectivity index (χ4n) is 1.80. The maximum atomic E-state index is 13.8. The van der Waals surface area contributed by atoms with E-state index in [-0.39, 0.29) is 11.3 Å². The first-order valence-electron chi connectivity index (χ1n) is 6.03. The van der Waals surface area contributed by atoms with Gasteiger partial charge in [-0.15, -0.1) is 0 Å². The largest absolute Gasteiger partial charge is 0.387 e. The second kappa shape index (κ2) is 6.25. The Bertz CT molecular complexity index is 740. The molecule has 0 aliphatic heterocycles. The van der Waals surface area contributed by atoms with Gasteiger partial charge in [0.05, 0.1) is 22.9 Å². The smallest absolute Gasteiger partial charge is 0.257 e. The Balaban J connectivity index is 2.30. The summed E-state index contributed by atoms with van der Waals surface area (Å²) in [6.45, 7) is 0. The minimum Gasteiger partial charge on any atom is -0.387 e. The number of nitrogens with one attached hydrogen (secondary N) is 2. The number of nitriles is 1. The first kappa shape index (κ1) is 14.8. The number of hydrogen-bond acceptors (Lipinski definition) is 3. The summed E-state index contributed by atoms with van der Waals surface area (Å²) in [5.41, 5.74) is 1.06. The number of nitrogens with zero attached hydrogens (tertiary/aromatic N) is 1. The Morgan fingerprint density at radius 1 is 1.24 bits per heavy atom. The van der Waals surface area contributed by atoms with Crippen LogP contribution in [-0.4, -0.2) is 13.0 Å². The molecule has 0 saturated heterocycles. The van der Waals surface area contributed by atoms with Crippen LogP contribution in [0.3, 0.4) is 0 Å². The van der Waals surface area contributed by atoms with E-state index >= 15 is 0 Å². The number of benzene rings is 2. The van der Waals surface area contributed by atoms with Crippen molar-refractivity contribution in [2.24, 2.45) is 0 Å². The van der Waals surface area contributed by atoms with Crippen LogP contribution in [0.5, 0.6) is 0 Å². The Labute approximate surface area is 126 Å². The van der Waals surface area contributed by atoms with Gasteiger partial charge in [0.25, 0.3) is 5.91 Å². The summed E-state index contributed by atoms with van der Waals surface area (Å²) in [5.74, 6) is -1.17. The lowest BCUT2D eigenvalue weighted by atomic mass is 10.1. The van der Waals surface area contributed by atoms with Crippen molar-refractivity contribution in [2.75, 3.05) is 17.7 Å². The number of hydrogen-bond donors (Lipinski definition) is 2. The van der Waals surface area contributed by atoms with Gasteiger partial charge in [-0.25, -0.2) is 4.39 Å². The van der Waals surface area contributed by atoms with Gasteiger partial charge in [0.2, 0.25) is 0 Å². The lowest BCUT2D eigenvalue weighted by Crippen LogP contribution is -2.15. The standard InChI is InChI=1S/C15H11ClFN3O/c1-19-13-5-3-10(16)7-11(13)15(21)20-14-4-2-9(8-18)6-12(14)17/h2-7,19H,1H3,(H,20,21). The van der Waals surface area contributed by atoms with E-state index < -0.39 is 11.7 Å².